The molecule has 41 heavy (non-hydrogen) atoms. The molecule has 3 amide bonds. The van der Waals surface area contributed by atoms with Gasteiger partial charge in [0.15, 0.2) is 0 Å². The first-order valence-electron chi connectivity index (χ1n) is 13.6. The van der Waals surface area contributed by atoms with Crippen molar-refractivity contribution in [3.63, 3.8) is 0 Å². The van der Waals surface area contributed by atoms with Crippen molar-refractivity contribution >= 4 is 17.8 Å². The molecular formula is C27H37F3N8O3. The first kappa shape index (κ1) is 30.5. The second-order valence-corrected chi connectivity index (χ2v) is 11.4. The molecular weight excluding hydrogens is 541 g/mol. The lowest BCUT2D eigenvalue weighted by molar-refractivity contribution is -0.138. The van der Waals surface area contributed by atoms with E-state index < -0.39 is 29.0 Å². The highest BCUT2D eigenvalue weighted by atomic mass is 19.4. The summed E-state index contributed by atoms with van der Waals surface area (Å²) < 4.78 is 42.9. The fraction of sp³-hybridized carbons (Fsp3) is 0.556. The zero-order valence-electron chi connectivity index (χ0n) is 23.3. The molecule has 0 aliphatic carbocycles. The summed E-state index contributed by atoms with van der Waals surface area (Å²) in [5.41, 5.74) is 9.68. The van der Waals surface area contributed by atoms with Crippen molar-refractivity contribution in [3.05, 3.63) is 52.1 Å². The van der Waals surface area contributed by atoms with Gasteiger partial charge in [0.1, 0.15) is 5.82 Å². The Bertz CT molecular complexity index is 1310. The van der Waals surface area contributed by atoms with Crippen LogP contribution in [0, 0.1) is 0 Å². The number of nitrogens with two attached hydrogens (primary N) is 2. The Hall–Kier alpha value is -3.49. The van der Waals surface area contributed by atoms with E-state index in [0.717, 1.165) is 23.5 Å². The third kappa shape index (κ3) is 8.05. The van der Waals surface area contributed by atoms with Gasteiger partial charge in [0.2, 0.25) is 5.91 Å². The SMILES string of the molecule is CC(C)(N)CC(=O)N1CCN(C(=O)Nc2ccn(-c3ccc(CN4CCC(N)CC4)c(C(F)(F)F)c3)c(=O)n2)CC1. The molecule has 0 unspecified atom stereocenters. The number of halogens is 3. The van der Waals surface area contributed by atoms with Gasteiger partial charge in [-0.3, -0.25) is 19.6 Å². The first-order valence-corrected chi connectivity index (χ1v) is 13.6. The average molecular weight is 579 g/mol. The maximum atomic E-state index is 14.0. The minimum atomic E-state index is -4.61. The molecule has 1 aromatic carbocycles. The largest absolute Gasteiger partial charge is 0.416 e. The summed E-state index contributed by atoms with van der Waals surface area (Å²) in [5, 5.41) is 2.55. The zero-order chi connectivity index (χ0) is 29.9. The molecule has 14 heteroatoms. The Balaban J connectivity index is 1.42. The van der Waals surface area contributed by atoms with E-state index in [0.29, 0.717) is 26.2 Å². The summed E-state index contributed by atoms with van der Waals surface area (Å²) in [4.78, 5) is 46.8. The molecule has 0 atom stereocenters. The van der Waals surface area contributed by atoms with Gasteiger partial charge in [0.05, 0.1) is 11.3 Å². The smallest absolute Gasteiger partial charge is 0.339 e. The van der Waals surface area contributed by atoms with Crippen LogP contribution in [0.1, 0.15) is 44.2 Å². The number of aromatic nitrogens is 2. The topological polar surface area (TPSA) is 143 Å². The second-order valence-electron chi connectivity index (χ2n) is 11.4. The molecule has 2 aliphatic rings. The van der Waals surface area contributed by atoms with Crippen molar-refractivity contribution in [2.75, 3.05) is 44.6 Å². The lowest BCUT2D eigenvalue weighted by atomic mass is 10.0. The maximum absolute atomic E-state index is 14.0. The number of carbonyl (C=O) groups excluding carboxylic acids is 2. The zero-order valence-corrected chi connectivity index (χ0v) is 23.3. The van der Waals surface area contributed by atoms with Crippen molar-refractivity contribution in [3.8, 4) is 5.69 Å². The van der Waals surface area contributed by atoms with Crippen LogP contribution in [-0.2, 0) is 17.5 Å². The lowest BCUT2D eigenvalue weighted by Gasteiger charge is -2.35. The summed E-state index contributed by atoms with van der Waals surface area (Å²) in [7, 11) is 0. The maximum Gasteiger partial charge on any atom is 0.416 e. The number of urea groups is 1. The number of hydrogen-bond donors (Lipinski definition) is 3. The number of piperazine rings is 1. The van der Waals surface area contributed by atoms with Crippen molar-refractivity contribution < 1.29 is 22.8 Å². The number of alkyl halides is 3. The summed E-state index contributed by atoms with van der Waals surface area (Å²) in [6.07, 6.45) is -1.69. The first-order chi connectivity index (χ1) is 19.2. The Kier molecular flexibility index (Phi) is 9.04. The number of anilines is 1. The van der Waals surface area contributed by atoms with Crippen molar-refractivity contribution in [1.29, 1.82) is 0 Å². The summed E-state index contributed by atoms with van der Waals surface area (Å²) in [5.74, 6) is -0.114. The number of carbonyl (C=O) groups is 2. The van der Waals surface area contributed by atoms with E-state index in [1.165, 1.54) is 29.3 Å². The highest BCUT2D eigenvalue weighted by Gasteiger charge is 2.34. The number of amides is 3. The third-order valence-corrected chi connectivity index (χ3v) is 7.27. The summed E-state index contributed by atoms with van der Waals surface area (Å²) >= 11 is 0. The van der Waals surface area contributed by atoms with Gasteiger partial charge in [-0.15, -0.1) is 0 Å². The predicted octanol–water partition coefficient (Wildman–Crippen LogP) is 1.98. The van der Waals surface area contributed by atoms with Gasteiger partial charge in [-0.25, -0.2) is 9.59 Å². The molecule has 4 rings (SSSR count). The predicted molar refractivity (Wildman–Crippen MR) is 147 cm³/mol. The molecule has 2 saturated heterocycles. The molecule has 0 bridgehead atoms. The molecule has 1 aromatic heterocycles. The van der Waals surface area contributed by atoms with E-state index in [-0.39, 0.29) is 55.1 Å². The van der Waals surface area contributed by atoms with Crippen LogP contribution in [0.5, 0.6) is 0 Å². The van der Waals surface area contributed by atoms with E-state index in [4.69, 9.17) is 11.5 Å². The fourth-order valence-electron chi connectivity index (χ4n) is 4.99. The van der Waals surface area contributed by atoms with E-state index in [2.05, 4.69) is 10.3 Å². The monoisotopic (exact) mass is 578 g/mol. The molecule has 2 fully saturated rings. The van der Waals surface area contributed by atoms with Crippen LogP contribution in [0.4, 0.5) is 23.8 Å². The van der Waals surface area contributed by atoms with Crippen LogP contribution in [0.15, 0.2) is 35.3 Å². The Morgan fingerprint density at radius 1 is 1.02 bits per heavy atom. The normalized spacial score (nSPS) is 17.5. The van der Waals surface area contributed by atoms with Crippen molar-refractivity contribution in [1.82, 2.24) is 24.3 Å². The molecule has 2 aliphatic heterocycles. The fourth-order valence-corrected chi connectivity index (χ4v) is 4.99. The Morgan fingerprint density at radius 2 is 1.66 bits per heavy atom. The molecule has 0 saturated carbocycles. The van der Waals surface area contributed by atoms with E-state index in [1.54, 1.807) is 18.7 Å². The van der Waals surface area contributed by atoms with Gasteiger partial charge in [-0.2, -0.15) is 18.2 Å². The lowest BCUT2D eigenvalue weighted by Crippen LogP contribution is -2.53. The minimum absolute atomic E-state index is 0.0126. The van der Waals surface area contributed by atoms with Crippen LogP contribution in [0.3, 0.4) is 0 Å². The van der Waals surface area contributed by atoms with Gasteiger partial charge in [0.25, 0.3) is 0 Å². The van der Waals surface area contributed by atoms with Crippen molar-refractivity contribution in [2.24, 2.45) is 11.5 Å². The van der Waals surface area contributed by atoms with Crippen LogP contribution in [-0.4, -0.2) is 87.0 Å². The van der Waals surface area contributed by atoms with Gasteiger partial charge in [-0.1, -0.05) is 6.07 Å². The highest BCUT2D eigenvalue weighted by molar-refractivity contribution is 5.88. The number of nitrogens with zero attached hydrogens (tertiary/aromatic N) is 5. The Morgan fingerprint density at radius 3 is 2.24 bits per heavy atom. The van der Waals surface area contributed by atoms with Crippen LogP contribution >= 0.6 is 0 Å². The highest BCUT2D eigenvalue weighted by Crippen LogP contribution is 2.34. The number of piperidine rings is 1. The van der Waals surface area contributed by atoms with Gasteiger partial charge in [0, 0.05) is 56.9 Å². The average Bonchev–Trinajstić information content (AvgIpc) is 2.89. The number of rotatable bonds is 6. The standard InChI is InChI=1S/C27H37F3N8O3/c1-26(2,32)16-23(39)36-11-13-37(14-12-36)24(40)33-22-7-10-38(25(41)34-22)20-4-3-18(21(15-20)27(28,29)30)17-35-8-5-19(31)6-9-35/h3-4,7,10,15,19H,5-6,8-9,11-14,16-17,31-32H2,1-2H3,(H,33,34,40,41). The molecule has 0 spiro atoms. The number of likely N-dealkylation sites (tertiary alicyclic amines) is 1. The third-order valence-electron chi connectivity index (χ3n) is 7.27. The molecule has 0 radical (unpaired) electrons. The summed E-state index contributed by atoms with van der Waals surface area (Å²) in [6.45, 7) is 6.19. The molecule has 11 nitrogen and oxygen atoms in total. The molecule has 3 heterocycles. The quantitative estimate of drug-likeness (QED) is 0.476. The molecule has 5 N–H and O–H groups in total. The van der Waals surface area contributed by atoms with Gasteiger partial charge >= 0.3 is 17.9 Å². The van der Waals surface area contributed by atoms with Gasteiger partial charge < -0.3 is 21.3 Å². The second kappa shape index (κ2) is 12.2. The van der Waals surface area contributed by atoms with Crippen molar-refractivity contribution in [2.45, 2.75) is 57.4 Å². The van der Waals surface area contributed by atoms with Crippen LogP contribution in [0.25, 0.3) is 5.69 Å². The number of hydrogen-bond acceptors (Lipinski definition) is 7. The van der Waals surface area contributed by atoms with E-state index in [1.807, 2.05) is 4.90 Å². The van der Waals surface area contributed by atoms with Gasteiger partial charge in [-0.05, 0) is 63.5 Å². The molecule has 2 aromatic rings. The molecule has 224 valence electrons. The minimum Gasteiger partial charge on any atom is -0.339 e. The summed E-state index contributed by atoms with van der Waals surface area (Å²) in [6, 6.07) is 4.70. The van der Waals surface area contributed by atoms with E-state index in [9.17, 15) is 27.6 Å². The van der Waals surface area contributed by atoms with Crippen LogP contribution < -0.4 is 22.5 Å². The van der Waals surface area contributed by atoms with E-state index >= 15 is 0 Å². The van der Waals surface area contributed by atoms with Crippen LogP contribution in [0.2, 0.25) is 0 Å². The number of nitrogens with one attached hydrogen (secondary N) is 1. The number of benzene rings is 1. The Labute approximate surface area is 236 Å².